The van der Waals surface area contributed by atoms with Crippen LogP contribution < -0.4 is 56.5 Å². The van der Waals surface area contributed by atoms with Gasteiger partial charge in [0.05, 0.1) is 0 Å². The van der Waals surface area contributed by atoms with Crippen LogP contribution in [0.4, 0.5) is 8.78 Å². The van der Waals surface area contributed by atoms with Gasteiger partial charge < -0.3 is 5.11 Å². The molecule has 0 aromatic carbocycles. The SMILES string of the molecule is CC.[K+].[O-]C1CC(F)(F)C1. The first-order valence-corrected chi connectivity index (χ1v) is 3.14. The van der Waals surface area contributed by atoms with Crippen molar-refractivity contribution in [3.05, 3.63) is 0 Å². The van der Waals surface area contributed by atoms with Crippen molar-refractivity contribution in [1.29, 1.82) is 0 Å². The summed E-state index contributed by atoms with van der Waals surface area (Å²) in [5.41, 5.74) is 0. The summed E-state index contributed by atoms with van der Waals surface area (Å²) in [6, 6.07) is 0. The third-order valence-corrected chi connectivity index (χ3v) is 1.05. The summed E-state index contributed by atoms with van der Waals surface area (Å²) in [6.07, 6.45) is -1.89. The second-order valence-electron chi connectivity index (χ2n) is 1.89. The van der Waals surface area contributed by atoms with Crippen LogP contribution in [-0.4, -0.2) is 12.0 Å². The molecule has 1 aliphatic rings. The summed E-state index contributed by atoms with van der Waals surface area (Å²) in [7, 11) is 0. The van der Waals surface area contributed by atoms with Crippen LogP contribution in [0, 0.1) is 0 Å². The Labute approximate surface area is 103 Å². The summed E-state index contributed by atoms with van der Waals surface area (Å²) in [5.74, 6) is -2.62. The van der Waals surface area contributed by atoms with Gasteiger partial charge in [0.2, 0.25) is 5.92 Å². The summed E-state index contributed by atoms with van der Waals surface area (Å²) >= 11 is 0. The molecule has 0 atom stereocenters. The first-order valence-electron chi connectivity index (χ1n) is 3.14. The minimum Gasteiger partial charge on any atom is -0.852 e. The monoisotopic (exact) mass is 176 g/mol. The van der Waals surface area contributed by atoms with Crippen molar-refractivity contribution >= 4 is 0 Å². The molecule has 1 saturated carbocycles. The molecule has 0 spiro atoms. The minimum atomic E-state index is -2.62. The fraction of sp³-hybridized carbons (Fsp3) is 1.00. The molecule has 0 radical (unpaired) electrons. The molecule has 0 heterocycles. The Morgan fingerprint density at radius 1 is 1.30 bits per heavy atom. The Balaban J connectivity index is 0. The van der Waals surface area contributed by atoms with E-state index in [4.69, 9.17) is 0 Å². The molecule has 10 heavy (non-hydrogen) atoms. The second-order valence-corrected chi connectivity index (χ2v) is 1.89. The molecule has 0 unspecified atom stereocenters. The molecular weight excluding hydrogens is 165 g/mol. The van der Waals surface area contributed by atoms with E-state index >= 15 is 0 Å². The van der Waals surface area contributed by atoms with E-state index in [2.05, 4.69) is 0 Å². The molecular formula is C6H11F2KO. The first kappa shape index (κ1) is 14.0. The number of rotatable bonds is 0. The third-order valence-electron chi connectivity index (χ3n) is 1.05. The van der Waals surface area contributed by atoms with Gasteiger partial charge in [-0.2, -0.15) is 0 Å². The maximum absolute atomic E-state index is 11.6. The fourth-order valence-corrected chi connectivity index (χ4v) is 0.606. The van der Waals surface area contributed by atoms with Crippen molar-refractivity contribution < 1.29 is 65.3 Å². The van der Waals surface area contributed by atoms with Gasteiger partial charge in [-0.1, -0.05) is 13.8 Å². The molecule has 1 rings (SSSR count). The van der Waals surface area contributed by atoms with Gasteiger partial charge in [0, 0.05) is 0 Å². The van der Waals surface area contributed by atoms with Crippen LogP contribution in [0.3, 0.4) is 0 Å². The van der Waals surface area contributed by atoms with Gasteiger partial charge in [-0.25, -0.2) is 8.78 Å². The molecule has 0 bridgehead atoms. The predicted molar refractivity (Wildman–Crippen MR) is 29.3 cm³/mol. The van der Waals surface area contributed by atoms with Gasteiger partial charge in [-0.05, 0) is 12.8 Å². The van der Waals surface area contributed by atoms with Crippen LogP contribution in [0.15, 0.2) is 0 Å². The average Bonchev–Trinajstić information content (AvgIpc) is 1.67. The second kappa shape index (κ2) is 6.03. The smallest absolute Gasteiger partial charge is 0.852 e. The predicted octanol–water partition coefficient (Wildman–Crippen LogP) is -1.83. The molecule has 0 N–H and O–H groups in total. The Morgan fingerprint density at radius 3 is 1.60 bits per heavy atom. The van der Waals surface area contributed by atoms with Crippen LogP contribution in [0.25, 0.3) is 0 Å². The maximum atomic E-state index is 11.6. The van der Waals surface area contributed by atoms with Crippen molar-refractivity contribution in [1.82, 2.24) is 0 Å². The molecule has 0 aromatic rings. The molecule has 4 heteroatoms. The van der Waals surface area contributed by atoms with Crippen LogP contribution in [0.2, 0.25) is 0 Å². The molecule has 0 amide bonds. The zero-order valence-corrected chi connectivity index (χ0v) is 9.78. The van der Waals surface area contributed by atoms with Gasteiger partial charge in [0.1, 0.15) is 0 Å². The van der Waals surface area contributed by atoms with E-state index in [1.54, 1.807) is 0 Å². The zero-order valence-electron chi connectivity index (χ0n) is 6.66. The molecule has 56 valence electrons. The maximum Gasteiger partial charge on any atom is 1.00 e. The van der Waals surface area contributed by atoms with E-state index in [1.165, 1.54) is 0 Å². The van der Waals surface area contributed by atoms with E-state index < -0.39 is 24.9 Å². The summed E-state index contributed by atoms with van der Waals surface area (Å²) in [6.45, 7) is 4.00. The number of alkyl halides is 2. The van der Waals surface area contributed by atoms with Crippen molar-refractivity contribution in [3.63, 3.8) is 0 Å². The summed E-state index contributed by atoms with van der Waals surface area (Å²) in [5, 5.41) is 9.92. The average molecular weight is 176 g/mol. The van der Waals surface area contributed by atoms with Gasteiger partial charge in [-0.3, -0.25) is 0 Å². The van der Waals surface area contributed by atoms with Crippen molar-refractivity contribution in [2.24, 2.45) is 0 Å². The molecule has 1 fully saturated rings. The molecule has 1 nitrogen and oxygen atoms in total. The van der Waals surface area contributed by atoms with E-state index in [1.807, 2.05) is 13.8 Å². The standard InChI is InChI=1S/C4H5F2O.C2H6.K/c5-4(6)1-3(7)2-4;1-2;/h3H,1-2H2;1-2H3;/q-1;;+1. The number of hydrogen-bond acceptors (Lipinski definition) is 1. The summed E-state index contributed by atoms with van der Waals surface area (Å²) < 4.78 is 23.2. The summed E-state index contributed by atoms with van der Waals surface area (Å²) in [4.78, 5) is 0. The van der Waals surface area contributed by atoms with Gasteiger partial charge in [0.25, 0.3) is 0 Å². The van der Waals surface area contributed by atoms with Gasteiger partial charge in [0.15, 0.2) is 0 Å². The van der Waals surface area contributed by atoms with Crippen LogP contribution in [0.1, 0.15) is 26.7 Å². The van der Waals surface area contributed by atoms with Crippen molar-refractivity contribution in [2.75, 3.05) is 0 Å². The van der Waals surface area contributed by atoms with E-state index in [9.17, 15) is 13.9 Å². The largest absolute Gasteiger partial charge is 1.00 e. The van der Waals surface area contributed by atoms with Crippen molar-refractivity contribution in [3.8, 4) is 0 Å². The Hall–Kier alpha value is 1.46. The van der Waals surface area contributed by atoms with Gasteiger partial charge >= 0.3 is 51.4 Å². The Kier molecular flexibility index (Phi) is 8.44. The van der Waals surface area contributed by atoms with E-state index in [0.717, 1.165) is 0 Å². The quantitative estimate of drug-likeness (QED) is 0.398. The molecule has 0 aliphatic heterocycles. The van der Waals surface area contributed by atoms with Gasteiger partial charge in [-0.15, -0.1) is 6.10 Å². The molecule has 1 aliphatic carbocycles. The third kappa shape index (κ3) is 5.15. The fourth-order valence-electron chi connectivity index (χ4n) is 0.606. The van der Waals surface area contributed by atoms with Crippen LogP contribution in [0.5, 0.6) is 0 Å². The Morgan fingerprint density at radius 2 is 1.60 bits per heavy atom. The van der Waals surface area contributed by atoms with Crippen LogP contribution in [-0.2, 0) is 0 Å². The minimum absolute atomic E-state index is 0. The van der Waals surface area contributed by atoms with E-state index in [0.29, 0.717) is 0 Å². The zero-order chi connectivity index (χ0) is 7.49. The van der Waals surface area contributed by atoms with E-state index in [-0.39, 0.29) is 51.4 Å². The van der Waals surface area contributed by atoms with Crippen LogP contribution >= 0.6 is 0 Å². The molecule has 0 aromatic heterocycles. The Bertz CT molecular complexity index is 79.8. The number of halogens is 2. The normalized spacial score (nSPS) is 21.3. The van der Waals surface area contributed by atoms with Crippen molar-refractivity contribution in [2.45, 2.75) is 38.7 Å². The number of hydrogen-bond donors (Lipinski definition) is 0. The first-order chi connectivity index (χ1) is 4.10. The topological polar surface area (TPSA) is 23.1 Å². The molecule has 0 saturated heterocycles.